The summed E-state index contributed by atoms with van der Waals surface area (Å²) in [6, 6.07) is 0. The average Bonchev–Trinajstić information content (AvgIpc) is 1.12. The van der Waals surface area contributed by atoms with Gasteiger partial charge in [-0.2, -0.15) is 0 Å². The van der Waals surface area contributed by atoms with Crippen LogP contribution in [0.1, 0.15) is 0 Å². The topological polar surface area (TPSA) is 161 Å². The summed E-state index contributed by atoms with van der Waals surface area (Å²) >= 11 is -11.5. The molecule has 0 rings (SSSR count). The van der Waals surface area contributed by atoms with E-state index in [2.05, 4.69) is 0 Å². The van der Waals surface area contributed by atoms with Crippen LogP contribution >= 0.6 is 0 Å². The SMILES string of the molecule is [O]=[Cr](=[O])([O-])[O-].[O]=[Cr](=[O])([O-])[O-].[Pb+4]. The van der Waals surface area contributed by atoms with Crippen molar-refractivity contribution in [1.82, 2.24) is 0 Å². The van der Waals surface area contributed by atoms with Crippen molar-refractivity contribution in [2.75, 3.05) is 0 Å². The van der Waals surface area contributed by atoms with Gasteiger partial charge in [-0.3, -0.25) is 0 Å². The first-order valence-corrected chi connectivity index (χ1v) is 5.50. The van der Waals surface area contributed by atoms with Crippen LogP contribution in [0.2, 0.25) is 0 Å². The Kier molecular flexibility index (Phi) is 10.7. The Hall–Kier alpha value is 1.03. The van der Waals surface area contributed by atoms with Gasteiger partial charge in [0.1, 0.15) is 0 Å². The van der Waals surface area contributed by atoms with Gasteiger partial charge in [0, 0.05) is 0 Å². The van der Waals surface area contributed by atoms with E-state index in [9.17, 15) is 0 Å². The molecule has 11 heteroatoms. The van der Waals surface area contributed by atoms with Crippen molar-refractivity contribution >= 4 is 27.3 Å². The zero-order chi connectivity index (χ0) is 9.00. The summed E-state index contributed by atoms with van der Waals surface area (Å²) in [4.78, 5) is 0. The Balaban J connectivity index is -0.000000107. The number of rotatable bonds is 0. The van der Waals surface area contributed by atoms with Crippen LogP contribution in [0.25, 0.3) is 0 Å². The van der Waals surface area contributed by atoms with E-state index >= 15 is 0 Å². The van der Waals surface area contributed by atoms with Crippen molar-refractivity contribution in [3.05, 3.63) is 0 Å². The van der Waals surface area contributed by atoms with E-state index in [0.29, 0.717) is 0 Å². The summed E-state index contributed by atoms with van der Waals surface area (Å²) < 4.78 is 68.8. The van der Waals surface area contributed by atoms with Crippen molar-refractivity contribution < 1.29 is 59.1 Å². The standard InChI is InChI=1S/2Cr.8O.Pb/q;;;;;;4*-1;+4. The second-order valence-electron chi connectivity index (χ2n) is 0.816. The molecule has 64 valence electrons. The maximum absolute atomic E-state index is 8.59. The molecule has 0 unspecified atom stereocenters. The van der Waals surface area contributed by atoms with Crippen LogP contribution in [-0.4, -0.2) is 27.3 Å². The third kappa shape index (κ3) is 852. The maximum atomic E-state index is 8.59. The van der Waals surface area contributed by atoms with Crippen LogP contribution < -0.4 is 16.6 Å². The van der Waals surface area contributed by atoms with Crippen molar-refractivity contribution in [3.8, 4) is 0 Å². The van der Waals surface area contributed by atoms with E-state index in [4.69, 9.17) is 31.8 Å². The molecule has 0 aliphatic carbocycles. The van der Waals surface area contributed by atoms with Crippen LogP contribution in [0.5, 0.6) is 0 Å². The van der Waals surface area contributed by atoms with Crippen LogP contribution in [0.3, 0.4) is 0 Å². The molecule has 0 aliphatic heterocycles. The summed E-state index contributed by atoms with van der Waals surface area (Å²) in [5, 5.41) is 0. The van der Waals surface area contributed by atoms with Gasteiger partial charge in [0.15, 0.2) is 0 Å². The first kappa shape index (κ1) is 17.9. The zero-order valence-corrected chi connectivity index (χ0v) is 11.0. The molecule has 0 fully saturated rings. The van der Waals surface area contributed by atoms with Gasteiger partial charge in [0.2, 0.25) is 0 Å². The molecule has 0 spiro atoms. The summed E-state index contributed by atoms with van der Waals surface area (Å²) in [6.07, 6.45) is 0. The molecule has 0 radical (unpaired) electrons. The molecule has 0 N–H and O–H groups in total. The second kappa shape index (κ2) is 6.53. The van der Waals surface area contributed by atoms with Gasteiger partial charge in [-0.25, -0.2) is 0 Å². The van der Waals surface area contributed by atoms with Crippen molar-refractivity contribution in [3.63, 3.8) is 0 Å². The first-order chi connectivity index (χ1) is 4.00. The molecular formula is Cr2O8Pb. The minimum atomic E-state index is -5.75. The molecule has 0 saturated carbocycles. The molecule has 0 aromatic carbocycles. The van der Waals surface area contributed by atoms with E-state index in [1.165, 1.54) is 0 Å². The van der Waals surface area contributed by atoms with Gasteiger partial charge >= 0.3 is 86.4 Å². The van der Waals surface area contributed by atoms with Crippen molar-refractivity contribution in [2.45, 2.75) is 0 Å². The fraction of sp³-hybridized carbons (Fsp3) is 0. The molecular weight excluding hydrogens is 439 g/mol. The predicted octanol–water partition coefficient (Wildman–Crippen LogP) is -5.62. The Morgan fingerprint density at radius 1 is 0.636 bits per heavy atom. The fourth-order valence-corrected chi connectivity index (χ4v) is 0. The quantitative estimate of drug-likeness (QED) is 0.338. The van der Waals surface area contributed by atoms with Gasteiger partial charge in [-0.05, 0) is 0 Å². The third-order valence-electron chi connectivity index (χ3n) is 0. The molecule has 0 heterocycles. The molecule has 0 atom stereocenters. The van der Waals surface area contributed by atoms with Gasteiger partial charge < -0.3 is 0 Å². The van der Waals surface area contributed by atoms with E-state index in [1.807, 2.05) is 0 Å². The second-order valence-corrected chi connectivity index (χ2v) is 3.37. The minimum absolute atomic E-state index is 0. The largest absolute Gasteiger partial charge is 4.00 e. The zero-order valence-electron chi connectivity index (χ0n) is 4.58. The minimum Gasteiger partial charge on any atom is 4.00 e. The van der Waals surface area contributed by atoms with E-state index < -0.39 is 27.2 Å². The maximum Gasteiger partial charge on any atom is 4.00 e. The molecule has 0 bridgehead atoms. The van der Waals surface area contributed by atoms with Gasteiger partial charge in [0.05, 0.1) is 0 Å². The van der Waals surface area contributed by atoms with Crippen molar-refractivity contribution in [1.29, 1.82) is 0 Å². The Morgan fingerprint density at radius 3 is 0.636 bits per heavy atom. The van der Waals surface area contributed by atoms with Gasteiger partial charge in [0.25, 0.3) is 0 Å². The molecule has 8 nitrogen and oxygen atoms in total. The summed E-state index contributed by atoms with van der Waals surface area (Å²) in [7, 11) is 0. The Bertz CT molecular complexity index is 208. The van der Waals surface area contributed by atoms with E-state index in [0.717, 1.165) is 0 Å². The smallest absolute Gasteiger partial charge is 4.00 e. The molecule has 0 saturated heterocycles. The molecule has 11 heavy (non-hydrogen) atoms. The Morgan fingerprint density at radius 2 is 0.636 bits per heavy atom. The molecule has 0 aromatic rings. The number of hydrogen-bond acceptors (Lipinski definition) is 8. The Labute approximate surface area is 85.8 Å². The summed E-state index contributed by atoms with van der Waals surface area (Å²) in [6.45, 7) is 0. The molecule has 0 amide bonds. The third-order valence-corrected chi connectivity index (χ3v) is 0. The van der Waals surface area contributed by atoms with Crippen LogP contribution in [0.4, 0.5) is 0 Å². The summed E-state index contributed by atoms with van der Waals surface area (Å²) in [5.74, 6) is 0. The molecule has 0 aromatic heterocycles. The van der Waals surface area contributed by atoms with Crippen LogP contribution in [-0.2, 0) is 42.4 Å². The first-order valence-electron chi connectivity index (χ1n) is 1.33. The average molecular weight is 439 g/mol. The van der Waals surface area contributed by atoms with Gasteiger partial charge in [-0.1, -0.05) is 0 Å². The fourth-order valence-electron chi connectivity index (χ4n) is 0. The van der Waals surface area contributed by atoms with Crippen LogP contribution in [0.15, 0.2) is 0 Å². The normalized spacial score (nSPS) is 10.5. The van der Waals surface area contributed by atoms with Crippen LogP contribution in [0, 0.1) is 0 Å². The van der Waals surface area contributed by atoms with E-state index in [1.54, 1.807) is 0 Å². The predicted molar refractivity (Wildman–Crippen MR) is 8.50 cm³/mol. The summed E-state index contributed by atoms with van der Waals surface area (Å²) in [5.41, 5.74) is 0. The molecule has 0 aliphatic rings. The van der Waals surface area contributed by atoms with E-state index in [-0.39, 0.29) is 27.3 Å². The van der Waals surface area contributed by atoms with Gasteiger partial charge in [-0.15, -0.1) is 0 Å². The number of hydrogen-bond donors (Lipinski definition) is 0. The monoisotopic (exact) mass is 440 g/mol. The van der Waals surface area contributed by atoms with Crippen molar-refractivity contribution in [2.24, 2.45) is 0 Å².